The van der Waals surface area contributed by atoms with Crippen molar-refractivity contribution in [2.45, 2.75) is 57.5 Å². The molecule has 2 N–H and O–H groups in total. The van der Waals surface area contributed by atoms with E-state index < -0.39 is 18.5 Å². The lowest BCUT2D eigenvalue weighted by Gasteiger charge is -2.50. The fraction of sp³-hybridized carbons (Fsp3) is 0.652. The van der Waals surface area contributed by atoms with E-state index in [0.29, 0.717) is 23.5 Å². The van der Waals surface area contributed by atoms with E-state index in [2.05, 4.69) is 6.92 Å². The molecule has 2 saturated carbocycles. The fourth-order valence-corrected chi connectivity index (χ4v) is 6.31. The number of fused-ring (bicyclic) bond motifs is 5. The van der Waals surface area contributed by atoms with Gasteiger partial charge in [0.2, 0.25) is 0 Å². The first-order valence-electron chi connectivity index (χ1n) is 10.7. The van der Waals surface area contributed by atoms with Gasteiger partial charge in [0.25, 0.3) is 0 Å². The molecule has 3 aliphatic carbocycles. The third kappa shape index (κ3) is 3.64. The first-order chi connectivity index (χ1) is 14.3. The Bertz CT molecular complexity index is 835. The smallest absolute Gasteiger partial charge is 0.332 e. The summed E-state index contributed by atoms with van der Waals surface area (Å²) in [5.74, 6) is 0.584. The number of benzene rings is 1. The van der Waals surface area contributed by atoms with Crippen molar-refractivity contribution >= 4 is 11.9 Å². The number of carbonyl (C=O) groups is 2. The molecule has 30 heavy (non-hydrogen) atoms. The van der Waals surface area contributed by atoms with Crippen LogP contribution in [0.15, 0.2) is 12.1 Å². The number of carboxylic acid groups (broad SMARTS) is 1. The SMILES string of the molecule is COc1cc2c(cc1O)CC[C@@H]1[C@@H]2CC[C@]2(C)C(OC(=O)COCC(=O)O)CC[C@@H]12. The Kier molecular flexibility index (Phi) is 5.66. The van der Waals surface area contributed by atoms with Crippen LogP contribution in [0.4, 0.5) is 0 Å². The van der Waals surface area contributed by atoms with Crippen LogP contribution in [-0.2, 0) is 25.5 Å². The second kappa shape index (κ2) is 8.10. The monoisotopic (exact) mass is 418 g/mol. The highest BCUT2D eigenvalue weighted by Crippen LogP contribution is 2.62. The molecule has 2 fully saturated rings. The van der Waals surface area contributed by atoms with E-state index >= 15 is 0 Å². The minimum atomic E-state index is -1.10. The second-order valence-electron chi connectivity index (χ2n) is 9.13. The number of aromatic hydroxyl groups is 1. The molecule has 7 nitrogen and oxygen atoms in total. The number of esters is 1. The van der Waals surface area contributed by atoms with Crippen LogP contribution in [0.5, 0.6) is 11.5 Å². The van der Waals surface area contributed by atoms with Crippen LogP contribution >= 0.6 is 0 Å². The maximum Gasteiger partial charge on any atom is 0.332 e. The molecule has 3 aliphatic rings. The summed E-state index contributed by atoms with van der Waals surface area (Å²) in [4.78, 5) is 22.7. The largest absolute Gasteiger partial charge is 0.504 e. The average molecular weight is 418 g/mol. The summed E-state index contributed by atoms with van der Waals surface area (Å²) < 4.78 is 16.0. The van der Waals surface area contributed by atoms with Crippen molar-refractivity contribution in [3.05, 3.63) is 23.3 Å². The number of phenols is 1. The molecule has 1 aromatic carbocycles. The van der Waals surface area contributed by atoms with E-state index in [1.807, 2.05) is 12.1 Å². The molecule has 0 saturated heterocycles. The van der Waals surface area contributed by atoms with E-state index in [1.165, 1.54) is 11.1 Å². The summed E-state index contributed by atoms with van der Waals surface area (Å²) >= 11 is 0. The molecule has 0 radical (unpaired) electrons. The van der Waals surface area contributed by atoms with Crippen molar-refractivity contribution in [3.63, 3.8) is 0 Å². The van der Waals surface area contributed by atoms with E-state index in [1.54, 1.807) is 7.11 Å². The fourth-order valence-electron chi connectivity index (χ4n) is 6.31. The molecule has 0 heterocycles. The van der Waals surface area contributed by atoms with E-state index in [0.717, 1.165) is 38.5 Å². The summed E-state index contributed by atoms with van der Waals surface area (Å²) in [6, 6.07) is 3.87. The normalized spacial score (nSPS) is 31.9. The van der Waals surface area contributed by atoms with Crippen molar-refractivity contribution < 1.29 is 34.0 Å². The molecule has 7 heteroatoms. The zero-order chi connectivity index (χ0) is 21.5. The van der Waals surface area contributed by atoms with Gasteiger partial charge < -0.3 is 24.4 Å². The lowest BCUT2D eigenvalue weighted by atomic mass is 9.55. The molecule has 0 spiro atoms. The molecule has 1 aromatic rings. The predicted molar refractivity (Wildman–Crippen MR) is 108 cm³/mol. The Labute approximate surface area is 176 Å². The van der Waals surface area contributed by atoms with Gasteiger partial charge in [-0.15, -0.1) is 0 Å². The zero-order valence-corrected chi connectivity index (χ0v) is 17.6. The van der Waals surface area contributed by atoms with Gasteiger partial charge in [-0.25, -0.2) is 9.59 Å². The van der Waals surface area contributed by atoms with Crippen LogP contribution in [0.1, 0.15) is 56.1 Å². The number of hydrogen-bond donors (Lipinski definition) is 2. The maximum absolute atomic E-state index is 12.2. The third-order valence-electron chi connectivity index (χ3n) is 7.66. The molecular weight excluding hydrogens is 388 g/mol. The van der Waals surface area contributed by atoms with E-state index in [4.69, 9.17) is 19.3 Å². The first-order valence-corrected chi connectivity index (χ1v) is 10.7. The number of carbonyl (C=O) groups excluding carboxylic acids is 1. The van der Waals surface area contributed by atoms with Gasteiger partial charge in [0.15, 0.2) is 11.5 Å². The minimum absolute atomic E-state index is 0.0673. The summed E-state index contributed by atoms with van der Waals surface area (Å²) in [5, 5.41) is 18.8. The summed E-state index contributed by atoms with van der Waals surface area (Å²) in [6.07, 6.45) is 5.70. The molecule has 164 valence electrons. The number of phenolic OH excluding ortho intramolecular Hbond substituents is 1. The zero-order valence-electron chi connectivity index (χ0n) is 17.6. The van der Waals surface area contributed by atoms with Crippen LogP contribution in [0.25, 0.3) is 0 Å². The number of aliphatic carboxylic acids is 1. The molecule has 0 bridgehead atoms. The van der Waals surface area contributed by atoms with Crippen LogP contribution in [-0.4, -0.2) is 48.6 Å². The minimum Gasteiger partial charge on any atom is -0.504 e. The van der Waals surface area contributed by atoms with Crippen molar-refractivity contribution in [3.8, 4) is 11.5 Å². The summed E-state index contributed by atoms with van der Waals surface area (Å²) in [7, 11) is 1.58. The van der Waals surface area contributed by atoms with Gasteiger partial charge >= 0.3 is 11.9 Å². The van der Waals surface area contributed by atoms with Crippen molar-refractivity contribution in [1.82, 2.24) is 0 Å². The molecule has 0 amide bonds. The van der Waals surface area contributed by atoms with Gasteiger partial charge in [0, 0.05) is 5.41 Å². The van der Waals surface area contributed by atoms with Crippen molar-refractivity contribution in [1.29, 1.82) is 0 Å². The Morgan fingerprint density at radius 1 is 1.17 bits per heavy atom. The van der Waals surface area contributed by atoms with Crippen LogP contribution in [0.2, 0.25) is 0 Å². The van der Waals surface area contributed by atoms with E-state index in [9.17, 15) is 14.7 Å². The number of ether oxygens (including phenoxy) is 3. The molecule has 0 aliphatic heterocycles. The predicted octanol–water partition coefficient (Wildman–Crippen LogP) is 3.27. The van der Waals surface area contributed by atoms with Gasteiger partial charge in [0.05, 0.1) is 7.11 Å². The van der Waals surface area contributed by atoms with Gasteiger partial charge in [-0.1, -0.05) is 6.92 Å². The van der Waals surface area contributed by atoms with Crippen LogP contribution in [0, 0.1) is 17.3 Å². The Morgan fingerprint density at radius 3 is 2.70 bits per heavy atom. The molecular formula is C23H30O7. The molecule has 5 atom stereocenters. The maximum atomic E-state index is 12.2. The van der Waals surface area contributed by atoms with Crippen molar-refractivity contribution in [2.24, 2.45) is 17.3 Å². The van der Waals surface area contributed by atoms with Gasteiger partial charge in [-0.05, 0) is 79.5 Å². The molecule has 0 aromatic heterocycles. The highest BCUT2D eigenvalue weighted by Gasteiger charge is 2.56. The van der Waals surface area contributed by atoms with Gasteiger partial charge in [-0.2, -0.15) is 0 Å². The van der Waals surface area contributed by atoms with Crippen LogP contribution < -0.4 is 4.74 Å². The van der Waals surface area contributed by atoms with Crippen LogP contribution in [0.3, 0.4) is 0 Å². The highest BCUT2D eigenvalue weighted by molar-refractivity contribution is 5.72. The number of carboxylic acids is 1. The van der Waals surface area contributed by atoms with Gasteiger partial charge in [0.1, 0.15) is 19.3 Å². The lowest BCUT2D eigenvalue weighted by Crippen LogP contribution is -2.45. The summed E-state index contributed by atoms with van der Waals surface area (Å²) in [6.45, 7) is 1.41. The quantitative estimate of drug-likeness (QED) is 0.684. The molecule has 4 rings (SSSR count). The van der Waals surface area contributed by atoms with Crippen molar-refractivity contribution in [2.75, 3.05) is 20.3 Å². The third-order valence-corrected chi connectivity index (χ3v) is 7.66. The topological polar surface area (TPSA) is 102 Å². The lowest BCUT2D eigenvalue weighted by molar-refractivity contribution is -0.164. The van der Waals surface area contributed by atoms with E-state index in [-0.39, 0.29) is 23.9 Å². The number of aryl methyl sites for hydroxylation is 1. The Balaban J connectivity index is 1.47. The number of methoxy groups -OCH3 is 1. The summed E-state index contributed by atoms with van der Waals surface area (Å²) in [5.41, 5.74) is 2.45. The standard InChI is InChI=1S/C23H30O7/c1-23-8-7-14-15(4-3-13-9-18(24)19(28-2)10-16(13)14)17(23)5-6-20(23)30-22(27)12-29-11-21(25)26/h9-10,14-15,17,20,24H,3-8,11-12H2,1-2H3,(H,25,26)/t14-,15+,17-,20?,23-/m0/s1. The Morgan fingerprint density at radius 2 is 1.97 bits per heavy atom. The first kappa shape index (κ1) is 21.0. The highest BCUT2D eigenvalue weighted by atomic mass is 16.6. The molecule has 1 unspecified atom stereocenters. The number of hydrogen-bond acceptors (Lipinski definition) is 6. The average Bonchev–Trinajstić information content (AvgIpc) is 3.03. The number of rotatable bonds is 6. The Hall–Kier alpha value is -2.28. The van der Waals surface area contributed by atoms with Gasteiger partial charge in [-0.3, -0.25) is 0 Å². The second-order valence-corrected chi connectivity index (χ2v) is 9.13.